The summed E-state index contributed by atoms with van der Waals surface area (Å²) in [6.07, 6.45) is -9.80. The Kier molecular flexibility index (Phi) is 24.1. The van der Waals surface area contributed by atoms with E-state index in [4.69, 9.17) is 85.0 Å². The second kappa shape index (κ2) is 34.8. The molecule has 7 aliphatic heterocycles. The first-order valence-electron chi connectivity index (χ1n) is 39.2. The number of phenolic OH excluding ortho intramolecular Hbond substituents is 1. The molecule has 7 fully saturated rings. The number of aromatic amines is 2. The molecule has 7 aliphatic rings. The predicted octanol–water partition coefficient (Wildman–Crippen LogP) is 9.69. The highest BCUT2D eigenvalue weighted by molar-refractivity contribution is 7.86. The third kappa shape index (κ3) is 17.8. The molecule has 33 nitrogen and oxygen atoms in total. The number of methoxy groups -OCH3 is 3. The summed E-state index contributed by atoms with van der Waals surface area (Å²) in [7, 11) is 0.822. The minimum absolute atomic E-state index is 0.0894. The summed E-state index contributed by atoms with van der Waals surface area (Å²) in [5, 5.41) is 38.4. The number of fused-ring (bicyclic) bond motifs is 11. The lowest BCUT2D eigenvalue weighted by Crippen LogP contribution is -2.35. The summed E-state index contributed by atoms with van der Waals surface area (Å²) in [4.78, 5) is 50.1. The summed E-state index contributed by atoms with van der Waals surface area (Å²) < 4.78 is 123. The van der Waals surface area contributed by atoms with Crippen molar-refractivity contribution in [3.05, 3.63) is 210 Å². The van der Waals surface area contributed by atoms with E-state index in [0.717, 1.165) is 53.0 Å². The zero-order chi connectivity index (χ0) is 84.8. The van der Waals surface area contributed by atoms with Crippen molar-refractivity contribution in [3.8, 4) is 23.0 Å². The van der Waals surface area contributed by atoms with Crippen LogP contribution in [0.4, 0.5) is 0 Å². The summed E-state index contributed by atoms with van der Waals surface area (Å²) in [5.74, 6) is -0.339. The van der Waals surface area contributed by atoms with Crippen molar-refractivity contribution in [2.75, 3.05) is 47.8 Å². The number of aromatic nitrogens is 8. The molecule has 11 heterocycles. The van der Waals surface area contributed by atoms with E-state index in [2.05, 4.69) is 24.9 Å². The standard InChI is InChI=1S/C21H23N2O6.C21H22N2O5.C17H17N2O6.C16H22O7S.C12H8N2O/c1-21(2)28-18-16(27-20(25-3)19(18)29-21)11-26-15-10-6-9-14-17(15)22-12-7-4-5-8-13(12)23(14)24;1-21(2)27-18-16(26-20(24-3)19(18)28-21)11-25-15-10-6-9-14-17(15)23-13-8-5-4-7-12(13)22-14;20-15-13(25-17(22)16(15)21)8-24-12-7-3-6-11-14(12)18-9-4-1-2-5-10(9)19(11)23;1-10-5-7-11(8-6-10)24(17,18)20-9-12-13-14(15(19-4)21-12)23-16(2,3)22-13;15-11-7-3-6-10-12(11)14-9-5-2-1-4-8(9)13-10/h4-10,16,18-20H,11H2,1-3H3,(H,22,24);4-10,16,18-20H,11H2,1-3H3;1-7,13,15-17,20-22H,8H2,(H,18,23);5-8,12-15H,9H2,1-4H3;1-7,15H/q+1;;+1;;. The summed E-state index contributed by atoms with van der Waals surface area (Å²) in [6.45, 7) is 13.3. The maximum Gasteiger partial charge on any atom is 0.297 e. The number of rotatable bonds is 16. The van der Waals surface area contributed by atoms with Gasteiger partial charge in [-0.2, -0.15) is 8.42 Å². The van der Waals surface area contributed by atoms with Gasteiger partial charge in [-0.1, -0.05) is 90.5 Å². The SMILES string of the molecule is COC1OC(COS(=O)(=O)c2ccc(C)cc2)C2OC(C)(C)OC12.COC1OC(COc2cccc3c2[nH]c2ccccc2[n+]3=O)C2OC(C)(C)OC12.COC1OC(COc2cccc3nc4ccccc4nc23)C2OC(C)(C)OC12.O=[n+]1c2ccccc2[nH]c2c(OCC3OC(O)C(O)C3O)cccc21.Oc1cccc2nc3ccccc3nc12. The van der Waals surface area contributed by atoms with Gasteiger partial charge in [0.05, 0.1) is 53.5 Å². The molecule has 16 unspecified atom stereocenters. The van der Waals surface area contributed by atoms with Gasteiger partial charge in [0.2, 0.25) is 0 Å². The maximum atomic E-state index is 12.8. The molecular weight excluding hydrogens is 1590 g/mol. The highest BCUT2D eigenvalue weighted by atomic mass is 32.2. The molecule has 0 amide bonds. The zero-order valence-corrected chi connectivity index (χ0v) is 68.3. The number of H-pyrrole nitrogens is 2. The highest BCUT2D eigenvalue weighted by Gasteiger charge is 2.59. The topological polar surface area (TPSA) is 401 Å². The minimum Gasteiger partial charge on any atom is -0.506 e. The predicted molar refractivity (Wildman–Crippen MR) is 436 cm³/mol. The van der Waals surface area contributed by atoms with Gasteiger partial charge in [-0.3, -0.25) is 4.18 Å². The first kappa shape index (κ1) is 84.1. The van der Waals surface area contributed by atoms with Crippen LogP contribution < -0.4 is 23.1 Å². The van der Waals surface area contributed by atoms with Crippen LogP contribution in [-0.4, -0.2) is 222 Å². The van der Waals surface area contributed by atoms with Crippen molar-refractivity contribution >= 4 is 98.4 Å². The van der Waals surface area contributed by atoms with E-state index in [1.54, 1.807) is 107 Å². The number of aliphatic hydroxyl groups is 3. The molecule has 634 valence electrons. The van der Waals surface area contributed by atoms with Gasteiger partial charge in [-0.25, -0.2) is 19.9 Å². The smallest absolute Gasteiger partial charge is 0.297 e. The van der Waals surface area contributed by atoms with E-state index in [1.807, 2.05) is 138 Å². The highest BCUT2D eigenvalue weighted by Crippen LogP contribution is 2.43. The van der Waals surface area contributed by atoms with Crippen LogP contribution in [0.15, 0.2) is 199 Å². The second-order valence-electron chi connectivity index (χ2n) is 30.9. The number of benzene rings is 9. The molecule has 121 heavy (non-hydrogen) atoms. The van der Waals surface area contributed by atoms with Crippen LogP contribution in [0.3, 0.4) is 0 Å². The lowest BCUT2D eigenvalue weighted by Gasteiger charge is -2.23. The number of para-hydroxylation sites is 12. The molecule has 34 heteroatoms. The quantitative estimate of drug-likeness (QED) is 0.0297. The van der Waals surface area contributed by atoms with Gasteiger partial charge in [-0.05, 0) is 133 Å². The van der Waals surface area contributed by atoms with E-state index in [9.17, 15) is 38.7 Å². The second-order valence-corrected chi connectivity index (χ2v) is 32.5. The molecule has 7 saturated heterocycles. The fourth-order valence-corrected chi connectivity index (χ4v) is 16.4. The van der Waals surface area contributed by atoms with Crippen LogP contribution in [0, 0.1) is 16.7 Å². The Morgan fingerprint density at radius 1 is 0.397 bits per heavy atom. The van der Waals surface area contributed by atoms with E-state index in [-0.39, 0.29) is 67.1 Å². The molecule has 0 aliphatic carbocycles. The molecule has 4 aromatic heterocycles. The van der Waals surface area contributed by atoms with Gasteiger partial charge in [0, 0.05) is 55.4 Å². The van der Waals surface area contributed by atoms with Crippen molar-refractivity contribution in [2.45, 2.75) is 169 Å². The maximum absolute atomic E-state index is 12.8. The third-order valence-corrected chi connectivity index (χ3v) is 22.5. The van der Waals surface area contributed by atoms with Crippen LogP contribution in [-0.2, 0) is 75.9 Å². The van der Waals surface area contributed by atoms with Crippen LogP contribution >= 0.6 is 0 Å². The summed E-state index contributed by atoms with van der Waals surface area (Å²) in [5.41, 5.74) is 11.6. The average Bonchev–Trinajstić information content (AvgIpc) is 1.50. The molecule has 9 aromatic carbocycles. The van der Waals surface area contributed by atoms with Crippen LogP contribution in [0.1, 0.15) is 47.1 Å². The molecule has 0 saturated carbocycles. The van der Waals surface area contributed by atoms with Crippen molar-refractivity contribution in [2.24, 2.45) is 0 Å². The molecule has 0 spiro atoms. The van der Waals surface area contributed by atoms with Gasteiger partial charge in [0.15, 0.2) is 53.6 Å². The number of aromatic hydroxyl groups is 1. The molecule has 6 N–H and O–H groups in total. The number of hydrogen-bond donors (Lipinski definition) is 6. The average molecular weight is 1680 g/mol. The number of nitrogens with one attached hydrogen (secondary N) is 2. The van der Waals surface area contributed by atoms with E-state index in [1.165, 1.54) is 19.2 Å². The number of hydrogen-bond acceptors (Lipinski definition) is 29. The van der Waals surface area contributed by atoms with Gasteiger partial charge >= 0.3 is 0 Å². The van der Waals surface area contributed by atoms with Crippen molar-refractivity contribution in [1.29, 1.82) is 0 Å². The fourth-order valence-electron chi connectivity index (χ4n) is 15.5. The fraction of sp³-hybridized carbons (Fsp3) is 0.379. The van der Waals surface area contributed by atoms with E-state index >= 15 is 0 Å². The van der Waals surface area contributed by atoms with Crippen molar-refractivity contribution < 1.29 is 118 Å². The number of aliphatic hydroxyl groups excluding tert-OH is 3. The van der Waals surface area contributed by atoms with Crippen molar-refractivity contribution in [1.82, 2.24) is 29.9 Å². The third-order valence-electron chi connectivity index (χ3n) is 21.2. The normalized spacial score (nSPS) is 26.5. The lowest BCUT2D eigenvalue weighted by atomic mass is 10.1. The van der Waals surface area contributed by atoms with Crippen LogP contribution in [0.2, 0.25) is 0 Å². The Labute approximate surface area is 692 Å². The number of phenols is 1. The molecule has 0 radical (unpaired) electrons. The Bertz CT molecular complexity index is 6190. The van der Waals surface area contributed by atoms with E-state index < -0.39 is 89.3 Å². The van der Waals surface area contributed by atoms with Gasteiger partial charge in [-0.15, -0.1) is 0 Å². The molecular formula is C87H92N8O25S+2. The molecule has 20 rings (SSSR count). The first-order chi connectivity index (χ1) is 58.1. The summed E-state index contributed by atoms with van der Waals surface area (Å²) >= 11 is 0. The Morgan fingerprint density at radius 3 is 1.21 bits per heavy atom. The van der Waals surface area contributed by atoms with Crippen LogP contribution in [0.25, 0.3) is 88.3 Å². The van der Waals surface area contributed by atoms with Crippen LogP contribution in [0.5, 0.6) is 23.0 Å². The number of ether oxygens (including phenoxy) is 16. The Morgan fingerprint density at radius 2 is 0.760 bits per heavy atom. The number of nitrogens with zero attached hydrogens (tertiary/aromatic N) is 6. The largest absolute Gasteiger partial charge is 0.506 e. The first-order valence-corrected chi connectivity index (χ1v) is 40.6. The van der Waals surface area contributed by atoms with Gasteiger partial charge < -0.3 is 106 Å². The monoisotopic (exact) mass is 1680 g/mol. The molecule has 13 aromatic rings. The molecule has 0 bridgehead atoms. The summed E-state index contributed by atoms with van der Waals surface area (Å²) in [6, 6.07) is 57.7. The Hall–Kier alpha value is -10.6. The van der Waals surface area contributed by atoms with Gasteiger partial charge in [0.25, 0.3) is 32.2 Å². The van der Waals surface area contributed by atoms with E-state index in [0.29, 0.717) is 73.5 Å². The minimum atomic E-state index is -3.86. The number of aryl methyl sites for hydroxylation is 1. The Balaban J connectivity index is 0.000000114. The molecule has 16 atom stereocenters. The zero-order valence-electron chi connectivity index (χ0n) is 67.5. The van der Waals surface area contributed by atoms with Gasteiger partial charge in [0.1, 0.15) is 138 Å². The lowest BCUT2D eigenvalue weighted by molar-refractivity contribution is -0.433. The van der Waals surface area contributed by atoms with Crippen molar-refractivity contribution in [3.63, 3.8) is 0 Å².